The predicted octanol–water partition coefficient (Wildman–Crippen LogP) is 7.01. The van der Waals surface area contributed by atoms with Gasteiger partial charge in [-0.2, -0.15) is 0 Å². The van der Waals surface area contributed by atoms with Gasteiger partial charge in [0.2, 0.25) is 0 Å². The summed E-state index contributed by atoms with van der Waals surface area (Å²) < 4.78 is 60.4. The van der Waals surface area contributed by atoms with Crippen molar-refractivity contribution in [2.24, 2.45) is 0 Å². The number of rotatable bonds is 0. The maximum absolute atomic E-state index is 15.2. The van der Waals surface area contributed by atoms with Crippen LogP contribution >= 0.6 is 0 Å². The summed E-state index contributed by atoms with van der Waals surface area (Å²) in [6, 6.07) is 16.1. The largest absolute Gasteiger partial charge is 2.00 e. The van der Waals surface area contributed by atoms with Crippen LogP contribution in [-0.2, 0) is 39.3 Å². The Morgan fingerprint density at radius 3 is 1.44 bits per heavy atom. The summed E-state index contributed by atoms with van der Waals surface area (Å²) in [6.45, 7) is 6.53. The van der Waals surface area contributed by atoms with Crippen molar-refractivity contribution >= 4 is 0 Å². The molecule has 3 heterocycles. The second kappa shape index (κ2) is 9.55. The molecule has 36 heavy (non-hydrogen) atoms. The standard InChI is InChI=1S/C29H22F4N2.Pt/c1-15-25(30)17-11-12-18-14-20(28(33)16(2)26(18)31)22-8-6-10-24(35-22)29(3,4)23-9-5-7-21(34-23)19(13-17)27(15)32;/h5-10H,11-12H2,1-4H3;/q-2;+2. The number of aromatic nitrogens is 2. The third kappa shape index (κ3) is 4.20. The van der Waals surface area contributed by atoms with Gasteiger partial charge in [-0.15, -0.1) is 12.1 Å². The van der Waals surface area contributed by atoms with Crippen LogP contribution < -0.4 is 0 Å². The molecule has 4 aromatic rings. The average Bonchev–Trinajstić information content (AvgIpc) is 2.86. The Morgan fingerprint density at radius 2 is 1.06 bits per heavy atom. The molecule has 1 aliphatic rings. The zero-order chi connectivity index (χ0) is 25.1. The molecule has 0 saturated carbocycles. The Morgan fingerprint density at radius 1 is 0.667 bits per heavy atom. The van der Waals surface area contributed by atoms with Crippen molar-refractivity contribution < 1.29 is 38.6 Å². The molecule has 7 heteroatoms. The van der Waals surface area contributed by atoms with E-state index in [1.807, 2.05) is 13.8 Å². The second-order valence-corrected chi connectivity index (χ2v) is 9.40. The van der Waals surface area contributed by atoms with Gasteiger partial charge in [0.1, 0.15) is 0 Å². The van der Waals surface area contributed by atoms with Crippen molar-refractivity contribution in [2.75, 3.05) is 0 Å². The van der Waals surface area contributed by atoms with Crippen LogP contribution in [0.2, 0.25) is 0 Å². The number of hydrogen-bond donors (Lipinski definition) is 0. The molecule has 0 saturated heterocycles. The predicted molar refractivity (Wildman–Crippen MR) is 126 cm³/mol. The van der Waals surface area contributed by atoms with E-state index in [2.05, 4.69) is 12.1 Å². The third-order valence-electron chi connectivity index (χ3n) is 6.75. The smallest absolute Gasteiger partial charge is 0.300 e. The topological polar surface area (TPSA) is 25.8 Å². The van der Waals surface area contributed by atoms with E-state index in [1.54, 1.807) is 36.4 Å². The number of pyridine rings is 2. The second-order valence-electron chi connectivity index (χ2n) is 9.40. The summed E-state index contributed by atoms with van der Waals surface area (Å²) in [5, 5.41) is 0. The van der Waals surface area contributed by atoms with E-state index in [9.17, 15) is 0 Å². The molecule has 0 atom stereocenters. The number of aryl methyl sites for hydroxylation is 2. The molecule has 0 aliphatic carbocycles. The molecule has 8 bridgehead atoms. The fourth-order valence-corrected chi connectivity index (χ4v) is 4.46. The summed E-state index contributed by atoms with van der Waals surface area (Å²) in [5.41, 5.74) is 1.09. The van der Waals surface area contributed by atoms with Gasteiger partial charge in [0.15, 0.2) is 0 Å². The summed E-state index contributed by atoms with van der Waals surface area (Å²) in [5.74, 6) is -2.95. The summed E-state index contributed by atoms with van der Waals surface area (Å²) in [6.07, 6.45) is 0.0487. The molecule has 0 unspecified atom stereocenters. The van der Waals surface area contributed by atoms with Crippen LogP contribution in [0.5, 0.6) is 0 Å². The minimum Gasteiger partial charge on any atom is -0.300 e. The van der Waals surface area contributed by atoms with Gasteiger partial charge in [-0.25, -0.2) is 0 Å². The van der Waals surface area contributed by atoms with E-state index in [-0.39, 0.29) is 67.3 Å². The molecule has 5 rings (SSSR count). The van der Waals surface area contributed by atoms with Crippen LogP contribution in [0.15, 0.2) is 36.4 Å². The maximum atomic E-state index is 15.2. The number of halogens is 4. The third-order valence-corrected chi connectivity index (χ3v) is 6.75. The molecule has 2 nitrogen and oxygen atoms in total. The van der Waals surface area contributed by atoms with Crippen molar-refractivity contribution in [3.05, 3.63) is 105 Å². The number of benzene rings is 2. The van der Waals surface area contributed by atoms with Crippen LogP contribution in [0.25, 0.3) is 22.5 Å². The van der Waals surface area contributed by atoms with Gasteiger partial charge in [0, 0.05) is 40.1 Å². The first-order valence-electron chi connectivity index (χ1n) is 11.3. The SMILES string of the molecule is Cc1c(F)c2[c-]c(c1F)-c1cccc(n1)C(C)(C)c1cccc(n1)-c1[c-]c(c(F)c(C)c1F)CC2.[Pt+2]. The number of nitrogens with zero attached hydrogens (tertiary/aromatic N) is 2. The van der Waals surface area contributed by atoms with E-state index in [0.29, 0.717) is 22.8 Å². The van der Waals surface area contributed by atoms with Crippen LogP contribution in [0.3, 0.4) is 0 Å². The molecule has 2 aromatic heterocycles. The first-order chi connectivity index (χ1) is 16.6. The fraction of sp³-hybridized carbons (Fsp3) is 0.241. The molecule has 0 spiro atoms. The number of hydrogen-bond acceptors (Lipinski definition) is 2. The van der Waals surface area contributed by atoms with Crippen LogP contribution in [0.4, 0.5) is 17.6 Å². The molecular formula is C29H22F4N2Pt. The minimum atomic E-state index is -0.741. The molecule has 0 amide bonds. The summed E-state index contributed by atoms with van der Waals surface area (Å²) >= 11 is 0. The molecule has 2 aromatic carbocycles. The Balaban J connectivity index is 0.00000304. The molecule has 186 valence electrons. The zero-order valence-corrected chi connectivity index (χ0v) is 22.4. The van der Waals surface area contributed by atoms with Gasteiger partial charge in [-0.1, -0.05) is 71.5 Å². The zero-order valence-electron chi connectivity index (χ0n) is 20.1. The Hall–Kier alpha value is -2.85. The van der Waals surface area contributed by atoms with E-state index in [1.165, 1.54) is 13.8 Å². The van der Waals surface area contributed by atoms with Gasteiger partial charge >= 0.3 is 21.1 Å². The quantitative estimate of drug-likeness (QED) is 0.149. The van der Waals surface area contributed by atoms with E-state index in [4.69, 9.17) is 9.97 Å². The van der Waals surface area contributed by atoms with Gasteiger partial charge in [0.05, 0.1) is 0 Å². The summed E-state index contributed by atoms with van der Waals surface area (Å²) in [4.78, 5) is 9.38. The van der Waals surface area contributed by atoms with E-state index in [0.717, 1.165) is 0 Å². The Labute approximate surface area is 222 Å². The number of fused-ring (bicyclic) bond motifs is 10. The van der Waals surface area contributed by atoms with E-state index < -0.39 is 28.7 Å². The van der Waals surface area contributed by atoms with Gasteiger partial charge < -0.3 is 9.97 Å². The van der Waals surface area contributed by atoms with Crippen molar-refractivity contribution in [1.29, 1.82) is 0 Å². The molecule has 1 aliphatic heterocycles. The first-order valence-corrected chi connectivity index (χ1v) is 11.3. The van der Waals surface area contributed by atoms with E-state index >= 15 is 17.6 Å². The fourth-order valence-electron chi connectivity index (χ4n) is 4.46. The molecule has 0 fully saturated rings. The summed E-state index contributed by atoms with van der Waals surface area (Å²) in [7, 11) is 0. The van der Waals surface area contributed by atoms with Crippen LogP contribution in [0.1, 0.15) is 47.5 Å². The van der Waals surface area contributed by atoms with Crippen molar-refractivity contribution in [3.63, 3.8) is 0 Å². The Bertz CT molecular complexity index is 1390. The van der Waals surface area contributed by atoms with Crippen LogP contribution in [0, 0.1) is 49.2 Å². The van der Waals surface area contributed by atoms with Crippen molar-refractivity contribution in [3.8, 4) is 22.5 Å². The van der Waals surface area contributed by atoms with Gasteiger partial charge in [-0.05, 0) is 50.2 Å². The molecule has 0 radical (unpaired) electrons. The molecule has 0 N–H and O–H groups in total. The monoisotopic (exact) mass is 669 g/mol. The van der Waals surface area contributed by atoms with Crippen molar-refractivity contribution in [2.45, 2.75) is 46.0 Å². The maximum Gasteiger partial charge on any atom is 2.00 e. The van der Waals surface area contributed by atoms with Crippen molar-refractivity contribution in [1.82, 2.24) is 9.97 Å². The Kier molecular flexibility index (Phi) is 6.96. The average molecular weight is 670 g/mol. The normalized spacial score (nSPS) is 13.9. The van der Waals surface area contributed by atoms with Crippen LogP contribution in [-0.4, -0.2) is 9.97 Å². The van der Waals surface area contributed by atoms with Gasteiger partial charge in [-0.3, -0.25) is 17.6 Å². The minimum absolute atomic E-state index is 0. The first kappa shape index (κ1) is 26.2. The molecular weight excluding hydrogens is 647 g/mol. The van der Waals surface area contributed by atoms with Gasteiger partial charge in [0.25, 0.3) is 0 Å².